The van der Waals surface area contributed by atoms with Gasteiger partial charge in [0, 0.05) is 0 Å². The molecule has 136 valence electrons. The van der Waals surface area contributed by atoms with Crippen molar-refractivity contribution in [2.75, 3.05) is 5.43 Å². The van der Waals surface area contributed by atoms with Crippen LogP contribution >= 0.6 is 11.3 Å². The number of rotatable bonds is 3. The molecule has 0 atom stereocenters. The van der Waals surface area contributed by atoms with E-state index in [2.05, 4.69) is 15.4 Å². The first-order valence-corrected chi connectivity index (χ1v) is 7.98. The smallest absolute Gasteiger partial charge is 0.273 e. The van der Waals surface area contributed by atoms with E-state index < -0.39 is 34.0 Å². The Morgan fingerprint density at radius 2 is 1.88 bits per heavy atom. The topological polar surface area (TPSA) is 76.9 Å². The first kappa shape index (κ1) is 18.0. The molecule has 1 amide bonds. The number of aryl methyl sites for hydroxylation is 1. The first-order valence-electron chi connectivity index (χ1n) is 7.17. The number of carbonyl (C=O) groups excluding carboxylic acids is 1. The van der Waals surface area contributed by atoms with E-state index in [1.807, 2.05) is 0 Å². The molecule has 2 heterocycles. The number of halogens is 4. The molecule has 0 saturated heterocycles. The third kappa shape index (κ3) is 3.57. The van der Waals surface area contributed by atoms with Crippen LogP contribution in [0, 0.1) is 12.7 Å². The van der Waals surface area contributed by atoms with E-state index in [1.54, 1.807) is 0 Å². The fourth-order valence-electron chi connectivity index (χ4n) is 2.18. The number of thiazole rings is 1. The maximum Gasteiger partial charge on any atom is 0.443 e. The maximum atomic E-state index is 12.9. The highest BCUT2D eigenvalue weighted by molar-refractivity contribution is 7.18. The fraction of sp³-hybridized carbons (Fsp3) is 0.200. The van der Waals surface area contributed by atoms with Crippen LogP contribution < -0.4 is 11.0 Å². The zero-order valence-electron chi connectivity index (χ0n) is 13.1. The SMILES string of the molecule is Cc1nc2sc(C(F)(F)F)nc2c(=O)n1NC(=O)Cc1ccc(F)cc1. The lowest BCUT2D eigenvalue weighted by molar-refractivity contribution is -0.137. The summed E-state index contributed by atoms with van der Waals surface area (Å²) in [5.74, 6) is -1.07. The van der Waals surface area contributed by atoms with Gasteiger partial charge in [-0.15, -0.1) is 0 Å². The molecule has 0 unspecified atom stereocenters. The summed E-state index contributed by atoms with van der Waals surface area (Å²) >= 11 is 0.255. The minimum absolute atomic E-state index is 0.00679. The lowest BCUT2D eigenvalue weighted by Crippen LogP contribution is -2.36. The van der Waals surface area contributed by atoms with Gasteiger partial charge >= 0.3 is 6.18 Å². The summed E-state index contributed by atoms with van der Waals surface area (Å²) in [5.41, 5.74) is 1.38. The average Bonchev–Trinajstić information content (AvgIpc) is 2.98. The summed E-state index contributed by atoms with van der Waals surface area (Å²) in [6, 6.07) is 5.17. The number of hydrogen-bond acceptors (Lipinski definition) is 5. The van der Waals surface area contributed by atoms with Gasteiger partial charge in [-0.05, 0) is 24.6 Å². The predicted octanol–water partition coefficient (Wildman–Crippen LogP) is 2.63. The number of alkyl halides is 3. The summed E-state index contributed by atoms with van der Waals surface area (Å²) in [5, 5.41) is -1.19. The second-order valence-electron chi connectivity index (χ2n) is 5.31. The van der Waals surface area contributed by atoms with E-state index in [-0.39, 0.29) is 28.4 Å². The molecule has 0 saturated carbocycles. The van der Waals surface area contributed by atoms with Crippen molar-refractivity contribution in [2.45, 2.75) is 19.5 Å². The van der Waals surface area contributed by atoms with Gasteiger partial charge in [-0.25, -0.2) is 19.0 Å². The fourth-order valence-corrected chi connectivity index (χ4v) is 3.02. The number of carbonyl (C=O) groups is 1. The Morgan fingerprint density at radius 1 is 1.23 bits per heavy atom. The van der Waals surface area contributed by atoms with Crippen molar-refractivity contribution in [3.05, 3.63) is 56.8 Å². The number of fused-ring (bicyclic) bond motifs is 1. The standard InChI is InChI=1S/C15H10F4N4O2S/c1-7-20-12-11(21-14(26-12)15(17,18)19)13(25)23(7)22-10(24)6-8-2-4-9(16)5-3-8/h2-5H,6H2,1H3,(H,22,24). The van der Waals surface area contributed by atoms with Crippen LogP contribution in [-0.4, -0.2) is 20.6 Å². The van der Waals surface area contributed by atoms with Crippen LogP contribution in [-0.2, 0) is 17.4 Å². The molecule has 0 aliphatic carbocycles. The van der Waals surface area contributed by atoms with Gasteiger partial charge in [0.05, 0.1) is 6.42 Å². The predicted molar refractivity (Wildman–Crippen MR) is 85.9 cm³/mol. The lowest BCUT2D eigenvalue weighted by atomic mass is 10.1. The number of benzene rings is 1. The van der Waals surface area contributed by atoms with Gasteiger partial charge in [-0.2, -0.15) is 13.2 Å². The molecule has 3 rings (SSSR count). The third-order valence-corrected chi connectivity index (χ3v) is 4.35. The molecule has 1 aromatic carbocycles. The van der Waals surface area contributed by atoms with E-state index >= 15 is 0 Å². The van der Waals surface area contributed by atoms with Crippen LogP contribution in [0.15, 0.2) is 29.1 Å². The maximum absolute atomic E-state index is 12.9. The number of hydrogen-bond donors (Lipinski definition) is 1. The van der Waals surface area contributed by atoms with Crippen molar-refractivity contribution < 1.29 is 22.4 Å². The minimum atomic E-state index is -4.69. The normalized spacial score (nSPS) is 11.7. The highest BCUT2D eigenvalue weighted by Gasteiger charge is 2.36. The van der Waals surface area contributed by atoms with Gasteiger partial charge in [0.25, 0.3) is 5.56 Å². The van der Waals surface area contributed by atoms with Crippen LogP contribution in [0.4, 0.5) is 17.6 Å². The van der Waals surface area contributed by atoms with E-state index in [0.29, 0.717) is 5.56 Å². The van der Waals surface area contributed by atoms with Gasteiger partial charge < -0.3 is 0 Å². The number of nitrogens with one attached hydrogen (secondary N) is 1. The summed E-state index contributed by atoms with van der Waals surface area (Å²) in [6.45, 7) is 1.37. The third-order valence-electron chi connectivity index (χ3n) is 3.36. The van der Waals surface area contributed by atoms with Crippen LogP contribution in [0.25, 0.3) is 10.3 Å². The average molecular weight is 386 g/mol. The van der Waals surface area contributed by atoms with Gasteiger partial charge in [-0.1, -0.05) is 23.5 Å². The van der Waals surface area contributed by atoms with Crippen molar-refractivity contribution in [2.24, 2.45) is 0 Å². The Hall–Kier alpha value is -2.82. The molecule has 0 spiro atoms. The van der Waals surface area contributed by atoms with Crippen molar-refractivity contribution in [3.63, 3.8) is 0 Å². The Balaban J connectivity index is 1.91. The highest BCUT2D eigenvalue weighted by atomic mass is 32.1. The van der Waals surface area contributed by atoms with Gasteiger partial charge in [0.15, 0.2) is 10.3 Å². The first-order chi connectivity index (χ1) is 12.1. The largest absolute Gasteiger partial charge is 0.443 e. The van der Waals surface area contributed by atoms with Crippen molar-refractivity contribution in [1.82, 2.24) is 14.6 Å². The van der Waals surface area contributed by atoms with Crippen LogP contribution in [0.3, 0.4) is 0 Å². The molecule has 3 aromatic rings. The molecular weight excluding hydrogens is 376 g/mol. The molecule has 2 aromatic heterocycles. The van der Waals surface area contributed by atoms with Crippen molar-refractivity contribution in [3.8, 4) is 0 Å². The minimum Gasteiger partial charge on any atom is -0.273 e. The molecule has 0 aliphatic rings. The molecule has 6 nitrogen and oxygen atoms in total. The van der Waals surface area contributed by atoms with Crippen molar-refractivity contribution in [1.29, 1.82) is 0 Å². The van der Waals surface area contributed by atoms with Crippen LogP contribution in [0.5, 0.6) is 0 Å². The van der Waals surface area contributed by atoms with E-state index in [9.17, 15) is 27.2 Å². The second-order valence-corrected chi connectivity index (χ2v) is 6.29. The Kier molecular flexibility index (Phi) is 4.48. The zero-order chi connectivity index (χ0) is 19.1. The zero-order valence-corrected chi connectivity index (χ0v) is 13.9. The molecule has 1 N–H and O–H groups in total. The molecule has 0 bridgehead atoms. The Labute approximate surface area is 147 Å². The van der Waals surface area contributed by atoms with E-state index in [0.717, 1.165) is 4.68 Å². The number of nitrogens with zero attached hydrogens (tertiary/aromatic N) is 3. The highest BCUT2D eigenvalue weighted by Crippen LogP contribution is 2.33. The molecule has 26 heavy (non-hydrogen) atoms. The summed E-state index contributed by atoms with van der Waals surface area (Å²) in [6.07, 6.45) is -4.85. The summed E-state index contributed by atoms with van der Waals surface area (Å²) < 4.78 is 51.9. The quantitative estimate of drug-likeness (QED) is 0.702. The van der Waals surface area contributed by atoms with Crippen molar-refractivity contribution >= 4 is 27.6 Å². The molecule has 11 heteroatoms. The Bertz CT molecular complexity index is 1040. The van der Waals surface area contributed by atoms with Gasteiger partial charge in [0.1, 0.15) is 11.6 Å². The molecule has 0 aliphatic heterocycles. The van der Waals surface area contributed by atoms with Gasteiger partial charge in [0.2, 0.25) is 10.9 Å². The second kappa shape index (κ2) is 6.48. The van der Waals surface area contributed by atoms with E-state index in [4.69, 9.17) is 0 Å². The molecule has 0 radical (unpaired) electrons. The summed E-state index contributed by atoms with van der Waals surface area (Å²) in [7, 11) is 0. The number of aromatic nitrogens is 3. The molecular formula is C15H10F4N4O2S. The van der Waals surface area contributed by atoms with Crippen LogP contribution in [0.1, 0.15) is 16.4 Å². The number of amides is 1. The van der Waals surface area contributed by atoms with Gasteiger partial charge in [-0.3, -0.25) is 15.0 Å². The Morgan fingerprint density at radius 3 is 2.50 bits per heavy atom. The van der Waals surface area contributed by atoms with Crippen LogP contribution in [0.2, 0.25) is 0 Å². The monoisotopic (exact) mass is 386 g/mol. The molecule has 0 fully saturated rings. The summed E-state index contributed by atoms with van der Waals surface area (Å²) in [4.78, 5) is 31.5. The lowest BCUT2D eigenvalue weighted by Gasteiger charge is -2.10. The van der Waals surface area contributed by atoms with E-state index in [1.165, 1.54) is 31.2 Å².